The number of aryl methyl sites for hydroxylation is 1. The minimum atomic E-state index is -1.05. The Balaban J connectivity index is 1.84. The van der Waals surface area contributed by atoms with Crippen molar-refractivity contribution >= 4 is 23.7 Å². The molecule has 1 aliphatic heterocycles. The number of ketones is 1. The van der Waals surface area contributed by atoms with Crippen LogP contribution in [0.2, 0.25) is 0 Å². The number of amides is 3. The quantitative estimate of drug-likeness (QED) is 0.435. The van der Waals surface area contributed by atoms with Gasteiger partial charge in [0.2, 0.25) is 0 Å². The molecule has 0 aliphatic carbocycles. The van der Waals surface area contributed by atoms with Crippen LogP contribution >= 0.6 is 0 Å². The largest absolute Gasteiger partial charge is 0.456 e. The van der Waals surface area contributed by atoms with E-state index in [1.54, 1.807) is 26.0 Å². The number of rotatable bonds is 8. The lowest BCUT2D eigenvalue weighted by Crippen LogP contribution is -2.41. The topological polar surface area (TPSA) is 92.8 Å². The Bertz CT molecular complexity index is 709. The molecule has 1 saturated heterocycles. The minimum absolute atomic E-state index is 0.335. The van der Waals surface area contributed by atoms with Gasteiger partial charge in [0.05, 0.1) is 0 Å². The molecule has 2 rings (SSSR count). The van der Waals surface area contributed by atoms with Crippen LogP contribution in [-0.2, 0) is 20.7 Å². The Hall–Kier alpha value is -2.70. The first kappa shape index (κ1) is 19.6. The molecule has 0 spiro atoms. The molecule has 1 aromatic carbocycles. The number of carbonyl (C=O) groups excluding carboxylic acids is 4. The number of esters is 1. The molecule has 1 N–H and O–H groups in total. The molecule has 1 heterocycles. The van der Waals surface area contributed by atoms with Crippen LogP contribution in [0.15, 0.2) is 24.3 Å². The molecule has 0 atom stereocenters. The van der Waals surface area contributed by atoms with Crippen molar-refractivity contribution < 1.29 is 23.9 Å². The Labute approximate surface area is 152 Å². The van der Waals surface area contributed by atoms with Gasteiger partial charge in [0, 0.05) is 5.56 Å². The fraction of sp³-hybridized carbons (Fsp3) is 0.474. The average Bonchev–Trinajstić information content (AvgIpc) is 2.80. The van der Waals surface area contributed by atoms with E-state index in [0.29, 0.717) is 5.56 Å². The molecule has 0 aromatic heterocycles. The number of nitrogens with zero attached hydrogens (tertiary/aromatic N) is 1. The summed E-state index contributed by atoms with van der Waals surface area (Å²) in [6.07, 6.45) is 3.15. The van der Waals surface area contributed by atoms with Crippen LogP contribution in [0.25, 0.3) is 0 Å². The van der Waals surface area contributed by atoms with E-state index in [4.69, 9.17) is 4.74 Å². The summed E-state index contributed by atoms with van der Waals surface area (Å²) in [7, 11) is 0. The molecule has 0 unspecified atom stereocenters. The van der Waals surface area contributed by atoms with Crippen molar-refractivity contribution in [1.29, 1.82) is 0 Å². The van der Waals surface area contributed by atoms with Gasteiger partial charge in [-0.05, 0) is 32.3 Å². The van der Waals surface area contributed by atoms with Crippen LogP contribution in [0.1, 0.15) is 49.5 Å². The Morgan fingerprint density at radius 2 is 1.81 bits per heavy atom. The first-order valence-electron chi connectivity index (χ1n) is 8.66. The highest BCUT2D eigenvalue weighted by atomic mass is 16.5. The van der Waals surface area contributed by atoms with Crippen LogP contribution < -0.4 is 5.32 Å². The molecule has 0 bridgehead atoms. The zero-order chi connectivity index (χ0) is 19.3. The van der Waals surface area contributed by atoms with E-state index < -0.39 is 36.6 Å². The summed E-state index contributed by atoms with van der Waals surface area (Å²) in [4.78, 5) is 48.5. The monoisotopic (exact) mass is 360 g/mol. The number of benzene rings is 1. The summed E-state index contributed by atoms with van der Waals surface area (Å²) >= 11 is 0. The Kier molecular flexibility index (Phi) is 6.13. The second kappa shape index (κ2) is 8.12. The number of unbranched alkanes of at least 4 members (excludes halogenated alkanes) is 1. The van der Waals surface area contributed by atoms with E-state index in [1.165, 1.54) is 0 Å². The predicted octanol–water partition coefficient (Wildman–Crippen LogP) is 2.09. The number of hydrogen-bond donors (Lipinski definition) is 1. The smallest absolute Gasteiger partial charge is 0.326 e. The number of ether oxygens (including phenoxy) is 1. The van der Waals surface area contributed by atoms with Crippen LogP contribution in [0.3, 0.4) is 0 Å². The zero-order valence-corrected chi connectivity index (χ0v) is 15.3. The van der Waals surface area contributed by atoms with E-state index in [9.17, 15) is 19.2 Å². The Morgan fingerprint density at radius 1 is 1.15 bits per heavy atom. The third-order valence-electron chi connectivity index (χ3n) is 4.19. The minimum Gasteiger partial charge on any atom is -0.456 e. The molecule has 0 saturated carbocycles. The first-order valence-corrected chi connectivity index (χ1v) is 8.66. The number of carbonyl (C=O) groups is 4. The lowest BCUT2D eigenvalue weighted by Gasteiger charge is -2.15. The van der Waals surface area contributed by atoms with Crippen LogP contribution in [0.4, 0.5) is 4.79 Å². The van der Waals surface area contributed by atoms with E-state index in [1.807, 2.05) is 12.1 Å². The standard InChI is InChI=1S/C19H24N2O5/c1-4-5-6-13-7-9-14(10-8-13)15(22)12-26-16(23)11-21-17(24)19(2,3)20-18(21)25/h7-10H,4-6,11-12H2,1-3H3,(H,20,25). The van der Waals surface area contributed by atoms with Gasteiger partial charge in [-0.15, -0.1) is 0 Å². The van der Waals surface area contributed by atoms with Gasteiger partial charge in [0.25, 0.3) is 5.91 Å². The summed E-state index contributed by atoms with van der Waals surface area (Å²) in [6.45, 7) is 4.27. The molecule has 1 aromatic rings. The summed E-state index contributed by atoms with van der Waals surface area (Å²) in [5, 5.41) is 2.47. The van der Waals surface area contributed by atoms with Gasteiger partial charge in [-0.2, -0.15) is 0 Å². The molecule has 1 aliphatic rings. The predicted molar refractivity (Wildman–Crippen MR) is 94.7 cm³/mol. The first-order chi connectivity index (χ1) is 12.2. The van der Waals surface area contributed by atoms with Crippen molar-refractivity contribution in [2.75, 3.05) is 13.2 Å². The van der Waals surface area contributed by atoms with Crippen molar-refractivity contribution in [3.8, 4) is 0 Å². The maximum Gasteiger partial charge on any atom is 0.326 e. The molecular weight excluding hydrogens is 336 g/mol. The fourth-order valence-corrected chi connectivity index (χ4v) is 2.60. The van der Waals surface area contributed by atoms with Crippen LogP contribution in [-0.4, -0.2) is 47.3 Å². The van der Waals surface area contributed by atoms with Crippen LogP contribution in [0, 0.1) is 0 Å². The van der Waals surface area contributed by atoms with Crippen molar-refractivity contribution in [2.24, 2.45) is 0 Å². The fourth-order valence-electron chi connectivity index (χ4n) is 2.60. The number of nitrogens with one attached hydrogen (secondary N) is 1. The van der Waals surface area contributed by atoms with Crippen molar-refractivity contribution in [3.05, 3.63) is 35.4 Å². The van der Waals surface area contributed by atoms with Crippen molar-refractivity contribution in [2.45, 2.75) is 45.6 Å². The maximum absolute atomic E-state index is 12.1. The third-order valence-corrected chi connectivity index (χ3v) is 4.19. The van der Waals surface area contributed by atoms with E-state index in [2.05, 4.69) is 12.2 Å². The lowest BCUT2D eigenvalue weighted by molar-refractivity contribution is -0.146. The molecule has 26 heavy (non-hydrogen) atoms. The van der Waals surface area contributed by atoms with Gasteiger partial charge in [-0.25, -0.2) is 4.79 Å². The molecule has 1 fully saturated rings. The highest BCUT2D eigenvalue weighted by Gasteiger charge is 2.45. The van der Waals surface area contributed by atoms with Gasteiger partial charge < -0.3 is 10.1 Å². The van der Waals surface area contributed by atoms with Gasteiger partial charge >= 0.3 is 12.0 Å². The molecule has 0 radical (unpaired) electrons. The summed E-state index contributed by atoms with van der Waals surface area (Å²) in [5.41, 5.74) is 0.558. The van der Waals surface area contributed by atoms with Gasteiger partial charge in [0.15, 0.2) is 12.4 Å². The lowest BCUT2D eigenvalue weighted by atomic mass is 10.0. The molecule has 7 nitrogen and oxygen atoms in total. The number of Topliss-reactive ketones (excluding diaryl/α,β-unsaturated/α-hetero) is 1. The third kappa shape index (κ3) is 4.68. The van der Waals surface area contributed by atoms with Gasteiger partial charge in [0.1, 0.15) is 12.1 Å². The highest BCUT2D eigenvalue weighted by molar-refractivity contribution is 6.08. The number of urea groups is 1. The van der Waals surface area contributed by atoms with E-state index in [-0.39, 0.29) is 5.78 Å². The molecule has 3 amide bonds. The van der Waals surface area contributed by atoms with Crippen LogP contribution in [0.5, 0.6) is 0 Å². The summed E-state index contributed by atoms with van der Waals surface area (Å²) in [6, 6.07) is 6.55. The van der Waals surface area contributed by atoms with Crippen molar-refractivity contribution in [3.63, 3.8) is 0 Å². The van der Waals surface area contributed by atoms with Crippen molar-refractivity contribution in [1.82, 2.24) is 10.2 Å². The number of imide groups is 1. The van der Waals surface area contributed by atoms with Gasteiger partial charge in [-0.1, -0.05) is 37.6 Å². The van der Waals surface area contributed by atoms with Gasteiger partial charge in [-0.3, -0.25) is 19.3 Å². The summed E-state index contributed by atoms with van der Waals surface area (Å²) in [5.74, 6) is -1.65. The zero-order valence-electron chi connectivity index (χ0n) is 15.3. The molecule has 7 heteroatoms. The molecule has 140 valence electrons. The van der Waals surface area contributed by atoms with E-state index >= 15 is 0 Å². The Morgan fingerprint density at radius 3 is 2.35 bits per heavy atom. The van der Waals surface area contributed by atoms with E-state index in [0.717, 1.165) is 29.7 Å². The highest BCUT2D eigenvalue weighted by Crippen LogP contribution is 2.16. The molecular formula is C19H24N2O5. The second-order valence-corrected chi connectivity index (χ2v) is 6.83. The average molecular weight is 360 g/mol. The number of hydrogen-bond acceptors (Lipinski definition) is 5. The summed E-state index contributed by atoms with van der Waals surface area (Å²) < 4.78 is 4.92. The second-order valence-electron chi connectivity index (χ2n) is 6.83. The maximum atomic E-state index is 12.1. The SMILES string of the molecule is CCCCc1ccc(C(=O)COC(=O)CN2C(=O)NC(C)(C)C2=O)cc1. The normalized spacial score (nSPS) is 15.7.